The number of benzene rings is 2. The van der Waals surface area contributed by atoms with Crippen molar-refractivity contribution in [2.45, 2.75) is 4.90 Å². The Morgan fingerprint density at radius 2 is 1.70 bits per heavy atom. The van der Waals surface area contributed by atoms with Gasteiger partial charge in [-0.3, -0.25) is 0 Å². The van der Waals surface area contributed by atoms with Crippen molar-refractivity contribution in [1.82, 2.24) is 3.97 Å². The van der Waals surface area contributed by atoms with Crippen LogP contribution in [0.15, 0.2) is 64.0 Å². The van der Waals surface area contributed by atoms with E-state index < -0.39 is 10.0 Å². The van der Waals surface area contributed by atoms with Gasteiger partial charge >= 0.3 is 0 Å². The number of halogens is 2. The molecule has 20 heavy (non-hydrogen) atoms. The van der Waals surface area contributed by atoms with Crippen molar-refractivity contribution >= 4 is 59.4 Å². The minimum Gasteiger partial charge on any atom is -0.227 e. The smallest absolute Gasteiger partial charge is 0.227 e. The fourth-order valence-electron chi connectivity index (χ4n) is 2.09. The van der Waals surface area contributed by atoms with Gasteiger partial charge in [0.15, 0.2) is 0 Å². The van der Waals surface area contributed by atoms with Crippen LogP contribution in [-0.4, -0.2) is 12.4 Å². The highest BCUT2D eigenvalue weighted by molar-refractivity contribution is 14.1. The van der Waals surface area contributed by atoms with Gasteiger partial charge in [-0.05, 0) is 62.8 Å². The molecule has 0 bridgehead atoms. The van der Waals surface area contributed by atoms with Gasteiger partial charge < -0.3 is 0 Å². The zero-order valence-corrected chi connectivity index (χ0v) is 14.7. The Bertz CT molecular complexity index is 888. The first-order valence-electron chi connectivity index (χ1n) is 5.78. The summed E-state index contributed by atoms with van der Waals surface area (Å²) in [7, 11) is -3.60. The zero-order valence-electron chi connectivity index (χ0n) is 10.1. The Kier molecular flexibility index (Phi) is 3.64. The lowest BCUT2D eigenvalue weighted by molar-refractivity contribution is 0.588. The van der Waals surface area contributed by atoms with Crippen LogP contribution < -0.4 is 0 Å². The number of aromatic nitrogens is 1. The van der Waals surface area contributed by atoms with E-state index in [2.05, 4.69) is 15.9 Å². The lowest BCUT2D eigenvalue weighted by atomic mass is 10.3. The van der Waals surface area contributed by atoms with Crippen molar-refractivity contribution in [3.05, 3.63) is 62.8 Å². The van der Waals surface area contributed by atoms with Crippen molar-refractivity contribution in [3.63, 3.8) is 0 Å². The number of hydrogen-bond acceptors (Lipinski definition) is 2. The molecule has 0 aliphatic heterocycles. The molecule has 0 atom stereocenters. The summed E-state index contributed by atoms with van der Waals surface area (Å²) in [6.07, 6.45) is 0. The summed E-state index contributed by atoms with van der Waals surface area (Å²) < 4.78 is 28.4. The summed E-state index contributed by atoms with van der Waals surface area (Å²) in [5.74, 6) is 0. The molecule has 1 heterocycles. The van der Waals surface area contributed by atoms with Crippen LogP contribution >= 0.6 is 38.5 Å². The Morgan fingerprint density at radius 1 is 1.00 bits per heavy atom. The molecule has 0 N–H and O–H groups in total. The van der Waals surface area contributed by atoms with Crippen molar-refractivity contribution < 1.29 is 8.42 Å². The van der Waals surface area contributed by atoms with Crippen LogP contribution in [-0.2, 0) is 10.0 Å². The highest BCUT2D eigenvalue weighted by Gasteiger charge is 2.22. The molecule has 0 unspecified atom stereocenters. The Morgan fingerprint density at radius 3 is 2.40 bits per heavy atom. The first kappa shape index (κ1) is 14.1. The van der Waals surface area contributed by atoms with Gasteiger partial charge in [0.25, 0.3) is 10.0 Å². The third-order valence-corrected chi connectivity index (χ3v) is 6.46. The molecule has 2 aromatic carbocycles. The molecule has 0 amide bonds. The summed E-state index contributed by atoms with van der Waals surface area (Å²) in [5.41, 5.74) is 0.667. The predicted octanol–water partition coefficient (Wildman–Crippen LogP) is 4.25. The summed E-state index contributed by atoms with van der Waals surface area (Å²) >= 11 is 5.48. The predicted molar refractivity (Wildman–Crippen MR) is 91.4 cm³/mol. The SMILES string of the molecule is O=S(=O)(c1ccccc1)n1c(I)cc2cccc(Br)c21. The second-order valence-electron chi connectivity index (χ2n) is 4.23. The molecular weight excluding hydrogens is 453 g/mol. The van der Waals surface area contributed by atoms with Gasteiger partial charge in [-0.25, -0.2) is 12.4 Å². The number of para-hydroxylation sites is 1. The average molecular weight is 462 g/mol. The van der Waals surface area contributed by atoms with Crippen molar-refractivity contribution in [2.75, 3.05) is 0 Å². The van der Waals surface area contributed by atoms with Crippen molar-refractivity contribution in [1.29, 1.82) is 0 Å². The van der Waals surface area contributed by atoms with Gasteiger partial charge in [-0.1, -0.05) is 30.3 Å². The molecule has 0 saturated carbocycles. The normalized spacial score (nSPS) is 11.9. The van der Waals surface area contributed by atoms with Crippen molar-refractivity contribution in [2.24, 2.45) is 0 Å². The van der Waals surface area contributed by atoms with E-state index >= 15 is 0 Å². The summed E-state index contributed by atoms with van der Waals surface area (Å²) in [6, 6.07) is 16.0. The van der Waals surface area contributed by atoms with E-state index in [1.807, 2.05) is 46.9 Å². The number of hydrogen-bond donors (Lipinski definition) is 0. The fourth-order valence-corrected chi connectivity index (χ4v) is 5.56. The fraction of sp³-hybridized carbons (Fsp3) is 0. The summed E-state index contributed by atoms with van der Waals surface area (Å²) in [6.45, 7) is 0. The van der Waals surface area contributed by atoms with E-state index in [1.54, 1.807) is 30.3 Å². The monoisotopic (exact) mass is 461 g/mol. The van der Waals surface area contributed by atoms with Gasteiger partial charge in [0.1, 0.15) is 0 Å². The van der Waals surface area contributed by atoms with Crippen molar-refractivity contribution in [3.8, 4) is 0 Å². The molecule has 0 spiro atoms. The zero-order chi connectivity index (χ0) is 14.3. The topological polar surface area (TPSA) is 39.1 Å². The van der Waals surface area contributed by atoms with E-state index in [0.29, 0.717) is 9.22 Å². The van der Waals surface area contributed by atoms with Gasteiger partial charge in [-0.15, -0.1) is 0 Å². The maximum absolute atomic E-state index is 12.8. The molecule has 0 aliphatic carbocycles. The maximum Gasteiger partial charge on any atom is 0.269 e. The molecular formula is C14H9BrINO2S. The molecule has 102 valence electrons. The van der Waals surface area contributed by atoms with E-state index in [-0.39, 0.29) is 4.90 Å². The van der Waals surface area contributed by atoms with Gasteiger partial charge in [0.05, 0.1) is 14.1 Å². The second kappa shape index (κ2) is 5.16. The molecule has 3 nitrogen and oxygen atoms in total. The lowest BCUT2D eigenvalue weighted by Crippen LogP contribution is -2.14. The first-order valence-corrected chi connectivity index (χ1v) is 9.09. The van der Waals surface area contributed by atoms with Crippen LogP contribution in [0.4, 0.5) is 0 Å². The van der Waals surface area contributed by atoms with Gasteiger partial charge in [0.2, 0.25) is 0 Å². The molecule has 3 aromatic rings. The van der Waals surface area contributed by atoms with Gasteiger partial charge in [0, 0.05) is 9.86 Å². The molecule has 0 saturated heterocycles. The summed E-state index contributed by atoms with van der Waals surface area (Å²) in [4.78, 5) is 0.283. The van der Waals surface area contributed by atoms with E-state index in [1.165, 1.54) is 3.97 Å². The van der Waals surface area contributed by atoms with Crippen LogP contribution in [0.3, 0.4) is 0 Å². The van der Waals surface area contributed by atoms with E-state index in [4.69, 9.17) is 0 Å². The largest absolute Gasteiger partial charge is 0.269 e. The number of rotatable bonds is 2. The molecule has 0 fully saturated rings. The standard InChI is InChI=1S/C14H9BrINO2S/c15-12-8-4-5-10-9-13(16)17(14(10)12)20(18,19)11-6-2-1-3-7-11/h1-9H. The highest BCUT2D eigenvalue weighted by Crippen LogP contribution is 2.31. The van der Waals surface area contributed by atoms with E-state index in [0.717, 1.165) is 9.86 Å². The Labute approximate surface area is 138 Å². The molecule has 0 radical (unpaired) electrons. The minimum absolute atomic E-state index is 0.283. The van der Waals surface area contributed by atoms with Crippen LogP contribution in [0.5, 0.6) is 0 Å². The second-order valence-corrected chi connectivity index (χ2v) is 7.97. The van der Waals surface area contributed by atoms with Crippen LogP contribution in [0, 0.1) is 3.70 Å². The van der Waals surface area contributed by atoms with Gasteiger partial charge in [-0.2, -0.15) is 0 Å². The third kappa shape index (κ3) is 2.19. The minimum atomic E-state index is -3.60. The Balaban J connectivity index is 2.38. The Hall–Kier alpha value is -0.860. The van der Waals surface area contributed by atoms with Crippen LogP contribution in [0.25, 0.3) is 10.9 Å². The average Bonchev–Trinajstić information content (AvgIpc) is 2.78. The first-order chi connectivity index (χ1) is 9.51. The van der Waals surface area contributed by atoms with Crippen LogP contribution in [0.1, 0.15) is 0 Å². The summed E-state index contributed by atoms with van der Waals surface area (Å²) in [5, 5.41) is 0.892. The number of nitrogens with zero attached hydrogens (tertiary/aromatic N) is 1. The highest BCUT2D eigenvalue weighted by atomic mass is 127. The quantitative estimate of drug-likeness (QED) is 0.535. The third-order valence-electron chi connectivity index (χ3n) is 2.97. The van der Waals surface area contributed by atoms with Crippen LogP contribution in [0.2, 0.25) is 0 Å². The van der Waals surface area contributed by atoms with E-state index in [9.17, 15) is 8.42 Å². The number of fused-ring (bicyclic) bond motifs is 1. The molecule has 3 rings (SSSR count). The molecule has 0 aliphatic rings. The molecule has 1 aromatic heterocycles. The lowest BCUT2D eigenvalue weighted by Gasteiger charge is -2.10. The molecule has 6 heteroatoms. The maximum atomic E-state index is 12.8.